The van der Waals surface area contributed by atoms with Crippen LogP contribution in [0.2, 0.25) is 0 Å². The zero-order valence-corrected chi connectivity index (χ0v) is 9.25. The number of benzene rings is 1. The zero-order valence-electron chi connectivity index (χ0n) is 9.25. The Labute approximate surface area is 90.6 Å². The SMILES string of the molecule is C=C(C)Cc1ccccc1C(=O)OCC. The van der Waals surface area contributed by atoms with Crippen LogP contribution in [0.15, 0.2) is 36.4 Å². The number of allylic oxidation sites excluding steroid dienone is 1. The Morgan fingerprint density at radius 2 is 2.07 bits per heavy atom. The highest BCUT2D eigenvalue weighted by molar-refractivity contribution is 5.91. The Balaban J connectivity index is 2.95. The summed E-state index contributed by atoms with van der Waals surface area (Å²) >= 11 is 0. The Hall–Kier alpha value is -1.57. The number of carbonyl (C=O) groups excluding carboxylic acids is 1. The van der Waals surface area contributed by atoms with Crippen molar-refractivity contribution in [1.29, 1.82) is 0 Å². The second kappa shape index (κ2) is 5.35. The van der Waals surface area contributed by atoms with E-state index in [1.54, 1.807) is 13.0 Å². The third-order valence-corrected chi connectivity index (χ3v) is 2.00. The topological polar surface area (TPSA) is 26.3 Å². The van der Waals surface area contributed by atoms with Gasteiger partial charge >= 0.3 is 5.97 Å². The molecule has 0 saturated carbocycles. The maximum absolute atomic E-state index is 11.6. The predicted molar refractivity (Wildman–Crippen MR) is 60.9 cm³/mol. The summed E-state index contributed by atoms with van der Waals surface area (Å²) in [6.07, 6.45) is 0.717. The van der Waals surface area contributed by atoms with E-state index in [1.807, 2.05) is 25.1 Å². The summed E-state index contributed by atoms with van der Waals surface area (Å²) < 4.78 is 4.98. The first-order valence-corrected chi connectivity index (χ1v) is 5.04. The van der Waals surface area contributed by atoms with Crippen molar-refractivity contribution in [3.63, 3.8) is 0 Å². The lowest BCUT2D eigenvalue weighted by atomic mass is 10.0. The van der Waals surface area contributed by atoms with Crippen molar-refractivity contribution in [2.75, 3.05) is 6.61 Å². The van der Waals surface area contributed by atoms with E-state index in [0.29, 0.717) is 12.2 Å². The standard InChI is InChI=1S/C13H16O2/c1-4-15-13(14)12-8-6-5-7-11(12)9-10(2)3/h5-8H,2,4,9H2,1,3H3. The van der Waals surface area contributed by atoms with Crippen LogP contribution in [0.5, 0.6) is 0 Å². The fourth-order valence-corrected chi connectivity index (χ4v) is 1.41. The van der Waals surface area contributed by atoms with Gasteiger partial charge in [-0.15, -0.1) is 0 Å². The molecule has 2 nitrogen and oxygen atoms in total. The van der Waals surface area contributed by atoms with Gasteiger partial charge in [-0.25, -0.2) is 4.79 Å². The first-order chi connectivity index (χ1) is 7.15. The van der Waals surface area contributed by atoms with Crippen molar-refractivity contribution in [1.82, 2.24) is 0 Å². The molecular weight excluding hydrogens is 188 g/mol. The minimum Gasteiger partial charge on any atom is -0.462 e. The van der Waals surface area contributed by atoms with Gasteiger partial charge in [0, 0.05) is 0 Å². The number of esters is 1. The summed E-state index contributed by atoms with van der Waals surface area (Å²) in [5, 5.41) is 0. The Bertz CT molecular complexity index is 367. The molecule has 0 amide bonds. The Morgan fingerprint density at radius 1 is 1.40 bits per heavy atom. The average Bonchev–Trinajstić information content (AvgIpc) is 2.18. The molecule has 1 aromatic carbocycles. The van der Waals surface area contributed by atoms with Gasteiger partial charge < -0.3 is 4.74 Å². The molecule has 0 fully saturated rings. The van der Waals surface area contributed by atoms with Gasteiger partial charge in [0.05, 0.1) is 12.2 Å². The average molecular weight is 204 g/mol. The van der Waals surface area contributed by atoms with Crippen LogP contribution < -0.4 is 0 Å². The maximum atomic E-state index is 11.6. The van der Waals surface area contributed by atoms with Gasteiger partial charge in [0.2, 0.25) is 0 Å². The molecule has 1 rings (SSSR count). The normalized spacial score (nSPS) is 9.73. The van der Waals surface area contributed by atoms with Crippen molar-refractivity contribution in [3.8, 4) is 0 Å². The monoisotopic (exact) mass is 204 g/mol. The Morgan fingerprint density at radius 3 is 2.67 bits per heavy atom. The van der Waals surface area contributed by atoms with Crippen molar-refractivity contribution in [2.45, 2.75) is 20.3 Å². The molecule has 0 aliphatic heterocycles. The fourth-order valence-electron chi connectivity index (χ4n) is 1.41. The molecule has 0 aliphatic carbocycles. The van der Waals surface area contributed by atoms with Crippen LogP contribution in [0.3, 0.4) is 0 Å². The molecule has 0 aliphatic rings. The molecule has 15 heavy (non-hydrogen) atoms. The number of hydrogen-bond acceptors (Lipinski definition) is 2. The molecule has 0 saturated heterocycles. The molecule has 0 atom stereocenters. The van der Waals surface area contributed by atoms with Gasteiger partial charge in [0.15, 0.2) is 0 Å². The van der Waals surface area contributed by atoms with E-state index in [9.17, 15) is 4.79 Å². The van der Waals surface area contributed by atoms with Crippen LogP contribution in [-0.4, -0.2) is 12.6 Å². The third kappa shape index (κ3) is 3.24. The van der Waals surface area contributed by atoms with E-state index in [2.05, 4.69) is 6.58 Å². The highest BCUT2D eigenvalue weighted by Gasteiger charge is 2.10. The largest absolute Gasteiger partial charge is 0.462 e. The quantitative estimate of drug-likeness (QED) is 0.556. The molecule has 0 bridgehead atoms. The first-order valence-electron chi connectivity index (χ1n) is 5.04. The molecule has 0 spiro atoms. The van der Waals surface area contributed by atoms with Crippen molar-refractivity contribution < 1.29 is 9.53 Å². The molecule has 2 heteroatoms. The second-order valence-corrected chi connectivity index (χ2v) is 3.51. The summed E-state index contributed by atoms with van der Waals surface area (Å²) in [6, 6.07) is 7.48. The smallest absolute Gasteiger partial charge is 0.338 e. The number of carbonyl (C=O) groups is 1. The predicted octanol–water partition coefficient (Wildman–Crippen LogP) is 2.98. The molecule has 1 aromatic rings. The summed E-state index contributed by atoms with van der Waals surface area (Å²) in [5.41, 5.74) is 2.65. The lowest BCUT2D eigenvalue weighted by Crippen LogP contribution is -2.08. The minimum atomic E-state index is -0.255. The van der Waals surface area contributed by atoms with Gasteiger partial charge in [0.1, 0.15) is 0 Å². The third-order valence-electron chi connectivity index (χ3n) is 2.00. The van der Waals surface area contributed by atoms with Crippen molar-refractivity contribution >= 4 is 5.97 Å². The summed E-state index contributed by atoms with van der Waals surface area (Å²) in [5.74, 6) is -0.255. The molecular formula is C13H16O2. The van der Waals surface area contributed by atoms with Crippen LogP contribution in [0.25, 0.3) is 0 Å². The van der Waals surface area contributed by atoms with Gasteiger partial charge in [-0.3, -0.25) is 0 Å². The molecule has 80 valence electrons. The maximum Gasteiger partial charge on any atom is 0.338 e. The van der Waals surface area contributed by atoms with E-state index in [0.717, 1.165) is 17.6 Å². The fraction of sp³-hybridized carbons (Fsp3) is 0.308. The van der Waals surface area contributed by atoms with Crippen LogP contribution >= 0.6 is 0 Å². The minimum absolute atomic E-state index is 0.255. The van der Waals surface area contributed by atoms with Crippen molar-refractivity contribution in [3.05, 3.63) is 47.5 Å². The summed E-state index contributed by atoms with van der Waals surface area (Å²) in [7, 11) is 0. The van der Waals surface area contributed by atoms with Gasteiger partial charge in [-0.05, 0) is 31.9 Å². The number of rotatable bonds is 4. The van der Waals surface area contributed by atoms with E-state index >= 15 is 0 Å². The first kappa shape index (κ1) is 11.5. The Kier molecular flexibility index (Phi) is 4.10. The molecule has 0 radical (unpaired) electrons. The lowest BCUT2D eigenvalue weighted by Gasteiger charge is -2.08. The summed E-state index contributed by atoms with van der Waals surface area (Å²) in [4.78, 5) is 11.6. The van der Waals surface area contributed by atoms with Crippen LogP contribution in [-0.2, 0) is 11.2 Å². The van der Waals surface area contributed by atoms with E-state index in [1.165, 1.54) is 0 Å². The number of ether oxygens (including phenoxy) is 1. The van der Waals surface area contributed by atoms with Gasteiger partial charge in [0.25, 0.3) is 0 Å². The van der Waals surface area contributed by atoms with Gasteiger partial charge in [-0.1, -0.05) is 30.4 Å². The van der Waals surface area contributed by atoms with Crippen molar-refractivity contribution in [2.24, 2.45) is 0 Å². The van der Waals surface area contributed by atoms with Crippen LogP contribution in [0.1, 0.15) is 29.8 Å². The zero-order chi connectivity index (χ0) is 11.3. The van der Waals surface area contributed by atoms with Gasteiger partial charge in [-0.2, -0.15) is 0 Å². The highest BCUT2D eigenvalue weighted by atomic mass is 16.5. The van der Waals surface area contributed by atoms with E-state index in [4.69, 9.17) is 4.74 Å². The number of hydrogen-bond donors (Lipinski definition) is 0. The van der Waals surface area contributed by atoms with E-state index < -0.39 is 0 Å². The molecule has 0 unspecified atom stereocenters. The molecule has 0 aromatic heterocycles. The van der Waals surface area contributed by atoms with Crippen LogP contribution in [0, 0.1) is 0 Å². The molecule has 0 heterocycles. The molecule has 0 N–H and O–H groups in total. The second-order valence-electron chi connectivity index (χ2n) is 3.51. The highest BCUT2D eigenvalue weighted by Crippen LogP contribution is 2.13. The summed E-state index contributed by atoms with van der Waals surface area (Å²) in [6.45, 7) is 8.00. The van der Waals surface area contributed by atoms with Crippen LogP contribution in [0.4, 0.5) is 0 Å². The van der Waals surface area contributed by atoms with E-state index in [-0.39, 0.29) is 5.97 Å². The lowest BCUT2D eigenvalue weighted by molar-refractivity contribution is 0.0525.